The third kappa shape index (κ3) is 1.61. The van der Waals surface area contributed by atoms with Gasteiger partial charge in [-0.3, -0.25) is 4.79 Å². The van der Waals surface area contributed by atoms with Gasteiger partial charge < -0.3 is 10.2 Å². The molecular weight excluding hydrogens is 204 g/mol. The molecule has 0 aliphatic heterocycles. The van der Waals surface area contributed by atoms with E-state index in [9.17, 15) is 9.90 Å². The average Bonchev–Trinajstić information content (AvgIpc) is 2.37. The molecule has 2 rings (SSSR count). The molecule has 0 heterocycles. The van der Waals surface area contributed by atoms with E-state index in [1.54, 1.807) is 0 Å². The Balaban J connectivity index is 2.46. The maximum atomic E-state index is 10.8. The fourth-order valence-corrected chi connectivity index (χ4v) is 2.58. The third-order valence-corrected chi connectivity index (χ3v) is 3.49. The second kappa shape index (κ2) is 3.59. The van der Waals surface area contributed by atoms with E-state index in [1.807, 2.05) is 32.0 Å². The van der Waals surface area contributed by atoms with Gasteiger partial charge in [0.2, 0.25) is 0 Å². The lowest BCUT2D eigenvalue weighted by molar-refractivity contribution is -0.144. The lowest BCUT2D eigenvalue weighted by atomic mass is 9.85. The van der Waals surface area contributed by atoms with E-state index in [4.69, 9.17) is 5.11 Å². The first-order valence-electron chi connectivity index (χ1n) is 5.47. The summed E-state index contributed by atoms with van der Waals surface area (Å²) in [4.78, 5) is 10.8. The molecule has 0 fully saturated rings. The van der Waals surface area contributed by atoms with Crippen molar-refractivity contribution in [3.8, 4) is 0 Å². The summed E-state index contributed by atoms with van der Waals surface area (Å²) in [5, 5.41) is 19.4. The van der Waals surface area contributed by atoms with Crippen molar-refractivity contribution >= 4 is 5.97 Å². The molecule has 1 aromatic rings. The number of aliphatic carboxylic acids is 1. The van der Waals surface area contributed by atoms with Crippen molar-refractivity contribution in [2.24, 2.45) is 5.92 Å². The van der Waals surface area contributed by atoms with Gasteiger partial charge in [0.25, 0.3) is 0 Å². The summed E-state index contributed by atoms with van der Waals surface area (Å²) in [5.74, 6) is -0.997. The zero-order valence-corrected chi connectivity index (χ0v) is 9.53. The Labute approximate surface area is 94.7 Å². The van der Waals surface area contributed by atoms with E-state index in [2.05, 4.69) is 0 Å². The predicted molar refractivity (Wildman–Crippen MR) is 60.2 cm³/mol. The molecule has 0 radical (unpaired) electrons. The molecule has 2 N–H and O–H groups in total. The van der Waals surface area contributed by atoms with Gasteiger partial charge in [-0.1, -0.05) is 30.7 Å². The number of carbonyl (C=O) groups is 1. The van der Waals surface area contributed by atoms with Crippen LogP contribution in [0.4, 0.5) is 0 Å². The summed E-state index contributed by atoms with van der Waals surface area (Å²) in [7, 11) is 0. The van der Waals surface area contributed by atoms with Crippen LogP contribution in [-0.4, -0.2) is 16.2 Å². The van der Waals surface area contributed by atoms with Crippen LogP contribution in [0.3, 0.4) is 0 Å². The second-order valence-electron chi connectivity index (χ2n) is 4.76. The molecule has 0 saturated heterocycles. The summed E-state index contributed by atoms with van der Waals surface area (Å²) < 4.78 is 0. The average molecular weight is 220 g/mol. The molecule has 1 aromatic carbocycles. The zero-order valence-electron chi connectivity index (χ0n) is 9.53. The van der Waals surface area contributed by atoms with E-state index in [0.717, 1.165) is 23.1 Å². The van der Waals surface area contributed by atoms with Gasteiger partial charge in [-0.25, -0.2) is 0 Å². The fraction of sp³-hybridized carbons (Fsp3) is 0.462. The van der Waals surface area contributed by atoms with Crippen LogP contribution in [-0.2, 0) is 16.8 Å². The molecule has 86 valence electrons. The molecule has 0 aromatic heterocycles. The quantitative estimate of drug-likeness (QED) is 0.799. The Kier molecular flexibility index (Phi) is 2.50. The van der Waals surface area contributed by atoms with Gasteiger partial charge in [0.1, 0.15) is 5.60 Å². The largest absolute Gasteiger partial charge is 0.481 e. The molecule has 0 amide bonds. The van der Waals surface area contributed by atoms with Gasteiger partial charge >= 0.3 is 5.97 Å². The molecular formula is C13H16O3. The predicted octanol–water partition coefficient (Wildman–Crippen LogP) is 1.85. The van der Waals surface area contributed by atoms with Crippen molar-refractivity contribution < 1.29 is 15.0 Å². The minimum atomic E-state index is -1.20. The van der Waals surface area contributed by atoms with Crippen molar-refractivity contribution in [1.82, 2.24) is 0 Å². The first-order valence-corrected chi connectivity index (χ1v) is 5.47. The van der Waals surface area contributed by atoms with Gasteiger partial charge in [-0.05, 0) is 30.4 Å². The molecule has 3 nitrogen and oxygen atoms in total. The summed E-state index contributed by atoms with van der Waals surface area (Å²) >= 11 is 0. The van der Waals surface area contributed by atoms with Crippen LogP contribution in [0, 0.1) is 12.8 Å². The minimum Gasteiger partial charge on any atom is -0.481 e. The van der Waals surface area contributed by atoms with Crippen molar-refractivity contribution in [3.63, 3.8) is 0 Å². The van der Waals surface area contributed by atoms with E-state index >= 15 is 0 Å². The highest BCUT2D eigenvalue weighted by Gasteiger charge is 2.44. The molecule has 0 bridgehead atoms. The first kappa shape index (κ1) is 11.1. The maximum Gasteiger partial charge on any atom is 0.306 e. The Bertz CT molecular complexity index is 439. The van der Waals surface area contributed by atoms with Crippen molar-refractivity contribution in [2.75, 3.05) is 0 Å². The van der Waals surface area contributed by atoms with Crippen LogP contribution in [0.2, 0.25) is 0 Å². The van der Waals surface area contributed by atoms with Gasteiger partial charge in [-0.2, -0.15) is 0 Å². The number of carboxylic acid groups (broad SMARTS) is 1. The topological polar surface area (TPSA) is 57.5 Å². The molecule has 1 aliphatic carbocycles. The lowest BCUT2D eigenvalue weighted by Crippen LogP contribution is -2.32. The van der Waals surface area contributed by atoms with Crippen molar-refractivity contribution in [2.45, 2.75) is 32.3 Å². The fourth-order valence-electron chi connectivity index (χ4n) is 2.58. The molecule has 0 saturated carbocycles. The Morgan fingerprint density at radius 2 is 2.25 bits per heavy atom. The molecule has 2 atom stereocenters. The maximum absolute atomic E-state index is 10.8. The summed E-state index contributed by atoms with van der Waals surface area (Å²) in [6.07, 6.45) is 0.533. The monoisotopic (exact) mass is 220 g/mol. The number of rotatable bonds is 2. The highest BCUT2D eigenvalue weighted by molar-refractivity contribution is 5.69. The van der Waals surface area contributed by atoms with Crippen LogP contribution in [0.1, 0.15) is 30.0 Å². The summed E-state index contributed by atoms with van der Waals surface area (Å²) in [6, 6.07) is 5.81. The smallest absolute Gasteiger partial charge is 0.306 e. The van der Waals surface area contributed by atoms with Crippen LogP contribution in [0.25, 0.3) is 0 Å². The SMILES string of the molecule is Cc1ccc2c(c1)CC(C)C2(O)CC(=O)O. The zero-order chi connectivity index (χ0) is 11.9. The summed E-state index contributed by atoms with van der Waals surface area (Å²) in [6.45, 7) is 3.90. The van der Waals surface area contributed by atoms with E-state index < -0.39 is 11.6 Å². The summed E-state index contributed by atoms with van der Waals surface area (Å²) in [5.41, 5.74) is 1.81. The number of aryl methyl sites for hydroxylation is 1. The first-order chi connectivity index (χ1) is 7.43. The molecule has 1 aliphatic rings. The van der Waals surface area contributed by atoms with Crippen molar-refractivity contribution in [1.29, 1.82) is 0 Å². The Morgan fingerprint density at radius 3 is 2.88 bits per heavy atom. The lowest BCUT2D eigenvalue weighted by Gasteiger charge is -2.27. The number of hydrogen-bond acceptors (Lipinski definition) is 2. The highest BCUT2D eigenvalue weighted by Crippen LogP contribution is 2.43. The van der Waals surface area contributed by atoms with Gasteiger partial charge in [0.05, 0.1) is 6.42 Å². The molecule has 3 heteroatoms. The Morgan fingerprint density at radius 1 is 1.56 bits per heavy atom. The molecule has 0 spiro atoms. The second-order valence-corrected chi connectivity index (χ2v) is 4.76. The van der Waals surface area contributed by atoms with Crippen LogP contribution >= 0.6 is 0 Å². The molecule has 16 heavy (non-hydrogen) atoms. The number of carboxylic acids is 1. The van der Waals surface area contributed by atoms with Gasteiger partial charge in [0, 0.05) is 0 Å². The molecule has 2 unspecified atom stereocenters. The highest BCUT2D eigenvalue weighted by atomic mass is 16.4. The number of aliphatic hydroxyl groups is 1. The number of fused-ring (bicyclic) bond motifs is 1. The normalized spacial score (nSPS) is 27.8. The minimum absolute atomic E-state index is 0.0413. The van der Waals surface area contributed by atoms with E-state index in [-0.39, 0.29) is 12.3 Å². The van der Waals surface area contributed by atoms with Crippen molar-refractivity contribution in [3.05, 3.63) is 34.9 Å². The number of hydrogen-bond donors (Lipinski definition) is 2. The van der Waals surface area contributed by atoms with Crippen LogP contribution in [0.5, 0.6) is 0 Å². The standard InChI is InChI=1S/C13H16O3/c1-8-3-4-11-10(5-8)6-9(2)13(11,16)7-12(14)15/h3-5,9,16H,6-7H2,1-2H3,(H,14,15). The Hall–Kier alpha value is -1.35. The van der Waals surface area contributed by atoms with Crippen LogP contribution < -0.4 is 0 Å². The van der Waals surface area contributed by atoms with E-state index in [1.165, 1.54) is 0 Å². The van der Waals surface area contributed by atoms with E-state index in [0.29, 0.717) is 0 Å². The van der Waals surface area contributed by atoms with Gasteiger partial charge in [0.15, 0.2) is 0 Å². The van der Waals surface area contributed by atoms with Gasteiger partial charge in [-0.15, -0.1) is 0 Å². The number of benzene rings is 1. The van der Waals surface area contributed by atoms with Crippen LogP contribution in [0.15, 0.2) is 18.2 Å². The third-order valence-electron chi connectivity index (χ3n) is 3.49.